The van der Waals surface area contributed by atoms with E-state index in [-0.39, 0.29) is 0 Å². The molecule has 0 aromatic carbocycles. The van der Waals surface area contributed by atoms with Crippen molar-refractivity contribution in [2.24, 2.45) is 5.92 Å². The van der Waals surface area contributed by atoms with Gasteiger partial charge in [0.05, 0.1) is 5.69 Å². The van der Waals surface area contributed by atoms with Gasteiger partial charge in [-0.1, -0.05) is 11.6 Å². The molecular weight excluding hydrogens is 224 g/mol. The summed E-state index contributed by atoms with van der Waals surface area (Å²) in [6.07, 6.45) is 4.57. The maximum Gasteiger partial charge on any atom is 0.151 e. The molecule has 0 aliphatic carbocycles. The number of hydrogen-bond donors (Lipinski definition) is 1. The summed E-state index contributed by atoms with van der Waals surface area (Å²) in [7, 11) is 2.10. The summed E-state index contributed by atoms with van der Waals surface area (Å²) in [6, 6.07) is 0. The number of halogens is 1. The third-order valence-electron chi connectivity index (χ3n) is 2.87. The summed E-state index contributed by atoms with van der Waals surface area (Å²) >= 11 is 5.97. The number of nitrogens with one attached hydrogen (secondary N) is 1. The second kappa shape index (κ2) is 5.57. The molecule has 1 fully saturated rings. The number of hydrogen-bond acceptors (Lipinski definition) is 4. The highest BCUT2D eigenvalue weighted by Crippen LogP contribution is 2.13. The van der Waals surface area contributed by atoms with E-state index in [0.29, 0.717) is 5.15 Å². The standard InChI is InChI=1S/C11H17ClN4/c1-16(7-9-2-3-13-6-9)8-10-11(12)15-5-4-14-10/h4-5,9,13H,2-3,6-8H2,1H3. The third-order valence-corrected chi connectivity index (χ3v) is 3.19. The highest BCUT2D eigenvalue weighted by molar-refractivity contribution is 6.29. The lowest BCUT2D eigenvalue weighted by molar-refractivity contribution is 0.275. The van der Waals surface area contributed by atoms with Crippen molar-refractivity contribution >= 4 is 11.6 Å². The lowest BCUT2D eigenvalue weighted by Crippen LogP contribution is -2.27. The van der Waals surface area contributed by atoms with Crippen LogP contribution in [0.25, 0.3) is 0 Å². The van der Waals surface area contributed by atoms with Gasteiger partial charge in [0, 0.05) is 25.5 Å². The molecule has 1 saturated heterocycles. The van der Waals surface area contributed by atoms with Gasteiger partial charge in [-0.05, 0) is 32.5 Å². The second-order valence-electron chi connectivity index (χ2n) is 4.35. The van der Waals surface area contributed by atoms with E-state index in [1.807, 2.05) is 0 Å². The van der Waals surface area contributed by atoms with Crippen LogP contribution >= 0.6 is 11.6 Å². The largest absolute Gasteiger partial charge is 0.316 e. The molecule has 88 valence electrons. The van der Waals surface area contributed by atoms with Gasteiger partial charge in [-0.25, -0.2) is 4.98 Å². The summed E-state index contributed by atoms with van der Waals surface area (Å²) in [5.41, 5.74) is 0.859. The van der Waals surface area contributed by atoms with Gasteiger partial charge in [0.2, 0.25) is 0 Å². The zero-order chi connectivity index (χ0) is 11.4. The molecule has 1 aliphatic heterocycles. The maximum atomic E-state index is 5.97. The Balaban J connectivity index is 1.86. The smallest absolute Gasteiger partial charge is 0.151 e. The van der Waals surface area contributed by atoms with Crippen molar-refractivity contribution in [3.05, 3.63) is 23.2 Å². The molecule has 1 aromatic rings. The molecule has 1 unspecified atom stereocenters. The van der Waals surface area contributed by atoms with Crippen LogP contribution in [0.1, 0.15) is 12.1 Å². The zero-order valence-corrected chi connectivity index (χ0v) is 10.2. The molecule has 0 radical (unpaired) electrons. The van der Waals surface area contributed by atoms with Crippen LogP contribution in [-0.4, -0.2) is 41.5 Å². The first-order chi connectivity index (χ1) is 7.75. The van der Waals surface area contributed by atoms with Gasteiger partial charge < -0.3 is 10.2 Å². The van der Waals surface area contributed by atoms with Crippen molar-refractivity contribution in [2.75, 3.05) is 26.7 Å². The number of aromatic nitrogens is 2. The Morgan fingerprint density at radius 3 is 3.00 bits per heavy atom. The average Bonchev–Trinajstić information content (AvgIpc) is 2.74. The molecule has 0 bridgehead atoms. The SMILES string of the molecule is CN(Cc1nccnc1Cl)CC1CCNC1. The van der Waals surface area contributed by atoms with Gasteiger partial charge in [-0.15, -0.1) is 0 Å². The summed E-state index contributed by atoms with van der Waals surface area (Å²) in [5, 5.41) is 3.89. The topological polar surface area (TPSA) is 41.1 Å². The summed E-state index contributed by atoms with van der Waals surface area (Å²) in [6.45, 7) is 4.12. The van der Waals surface area contributed by atoms with Gasteiger partial charge in [0.1, 0.15) is 0 Å². The van der Waals surface area contributed by atoms with Crippen LogP contribution in [-0.2, 0) is 6.54 Å². The molecule has 0 amide bonds. The molecule has 2 heterocycles. The summed E-state index contributed by atoms with van der Waals surface area (Å²) < 4.78 is 0. The predicted octanol–water partition coefficient (Wildman–Crippen LogP) is 1.17. The minimum absolute atomic E-state index is 0.513. The lowest BCUT2D eigenvalue weighted by Gasteiger charge is -2.19. The molecule has 2 rings (SSSR count). The van der Waals surface area contributed by atoms with Crippen LogP contribution in [0.2, 0.25) is 5.15 Å². The average molecular weight is 241 g/mol. The van der Waals surface area contributed by atoms with Crippen molar-refractivity contribution in [3.63, 3.8) is 0 Å². The van der Waals surface area contributed by atoms with Crippen molar-refractivity contribution in [1.29, 1.82) is 0 Å². The van der Waals surface area contributed by atoms with Gasteiger partial charge in [0.15, 0.2) is 5.15 Å². The molecule has 0 saturated carbocycles. The highest BCUT2D eigenvalue weighted by Gasteiger charge is 2.17. The quantitative estimate of drug-likeness (QED) is 0.858. The Morgan fingerprint density at radius 2 is 2.31 bits per heavy atom. The van der Waals surface area contributed by atoms with E-state index in [1.54, 1.807) is 12.4 Å². The molecule has 0 spiro atoms. The van der Waals surface area contributed by atoms with Gasteiger partial charge in [-0.3, -0.25) is 4.98 Å². The fourth-order valence-electron chi connectivity index (χ4n) is 2.09. The Labute approximate surface area is 101 Å². The molecule has 5 heteroatoms. The van der Waals surface area contributed by atoms with E-state index in [4.69, 9.17) is 11.6 Å². The molecule has 1 aromatic heterocycles. The molecule has 1 aliphatic rings. The minimum atomic E-state index is 0.513. The van der Waals surface area contributed by atoms with Crippen molar-refractivity contribution in [3.8, 4) is 0 Å². The Bertz CT molecular complexity index is 339. The Kier molecular flexibility index (Phi) is 4.09. The van der Waals surface area contributed by atoms with Gasteiger partial charge in [0.25, 0.3) is 0 Å². The first-order valence-corrected chi connectivity index (χ1v) is 5.98. The van der Waals surface area contributed by atoms with E-state index in [1.165, 1.54) is 6.42 Å². The minimum Gasteiger partial charge on any atom is -0.316 e. The lowest BCUT2D eigenvalue weighted by atomic mass is 10.1. The number of nitrogens with zero attached hydrogens (tertiary/aromatic N) is 3. The van der Waals surface area contributed by atoms with Crippen molar-refractivity contribution in [2.45, 2.75) is 13.0 Å². The van der Waals surface area contributed by atoms with Crippen LogP contribution in [0.3, 0.4) is 0 Å². The first-order valence-electron chi connectivity index (χ1n) is 5.60. The third kappa shape index (κ3) is 3.14. The monoisotopic (exact) mass is 240 g/mol. The zero-order valence-electron chi connectivity index (χ0n) is 9.49. The van der Waals surface area contributed by atoms with E-state index in [0.717, 1.165) is 37.8 Å². The first kappa shape index (κ1) is 11.8. The van der Waals surface area contributed by atoms with Crippen LogP contribution in [0.5, 0.6) is 0 Å². The van der Waals surface area contributed by atoms with E-state index in [9.17, 15) is 0 Å². The van der Waals surface area contributed by atoms with Crippen LogP contribution < -0.4 is 5.32 Å². The normalized spacial score (nSPS) is 20.6. The Morgan fingerprint density at radius 1 is 1.50 bits per heavy atom. The predicted molar refractivity (Wildman–Crippen MR) is 64.4 cm³/mol. The summed E-state index contributed by atoms with van der Waals surface area (Å²) in [5.74, 6) is 0.750. The van der Waals surface area contributed by atoms with E-state index in [2.05, 4.69) is 27.2 Å². The van der Waals surface area contributed by atoms with E-state index < -0.39 is 0 Å². The molecule has 1 N–H and O–H groups in total. The summed E-state index contributed by atoms with van der Waals surface area (Å²) in [4.78, 5) is 10.5. The van der Waals surface area contributed by atoms with Crippen molar-refractivity contribution < 1.29 is 0 Å². The second-order valence-corrected chi connectivity index (χ2v) is 4.71. The molecule has 1 atom stereocenters. The van der Waals surface area contributed by atoms with E-state index >= 15 is 0 Å². The van der Waals surface area contributed by atoms with Crippen LogP contribution in [0.15, 0.2) is 12.4 Å². The molecule has 4 nitrogen and oxygen atoms in total. The van der Waals surface area contributed by atoms with Crippen LogP contribution in [0.4, 0.5) is 0 Å². The Hall–Kier alpha value is -0.710. The van der Waals surface area contributed by atoms with Gasteiger partial charge >= 0.3 is 0 Å². The molecule has 16 heavy (non-hydrogen) atoms. The highest BCUT2D eigenvalue weighted by atomic mass is 35.5. The molecular formula is C11H17ClN4. The maximum absolute atomic E-state index is 5.97. The van der Waals surface area contributed by atoms with Gasteiger partial charge in [-0.2, -0.15) is 0 Å². The van der Waals surface area contributed by atoms with Crippen LogP contribution in [0, 0.1) is 5.92 Å². The number of rotatable bonds is 4. The fraction of sp³-hybridized carbons (Fsp3) is 0.636. The fourth-order valence-corrected chi connectivity index (χ4v) is 2.25. The van der Waals surface area contributed by atoms with Crippen molar-refractivity contribution in [1.82, 2.24) is 20.2 Å².